The van der Waals surface area contributed by atoms with Crippen molar-refractivity contribution >= 4 is 5.57 Å². The van der Waals surface area contributed by atoms with Crippen molar-refractivity contribution in [2.24, 2.45) is 0 Å². The molecule has 2 aromatic carbocycles. The molecule has 0 saturated carbocycles. The minimum Gasteiger partial charge on any atom is -0.493 e. The molecule has 7 nitrogen and oxygen atoms in total. The van der Waals surface area contributed by atoms with Crippen molar-refractivity contribution in [2.75, 3.05) is 42.1 Å². The Labute approximate surface area is 201 Å². The molecule has 1 fully saturated rings. The van der Waals surface area contributed by atoms with Crippen LogP contribution in [-0.2, 0) is 0 Å². The number of hydrogen-bond donors (Lipinski definition) is 0. The molecule has 0 N–H and O–H groups in total. The third kappa shape index (κ3) is 4.09. The minimum atomic E-state index is -0.0270. The third-order valence-electron chi connectivity index (χ3n) is 6.92. The molecule has 0 aliphatic carbocycles. The van der Waals surface area contributed by atoms with Crippen LogP contribution in [0.15, 0.2) is 36.0 Å². The molecule has 1 saturated heterocycles. The Bertz CT molecular complexity index is 1100. The molecule has 0 aromatic heterocycles. The summed E-state index contributed by atoms with van der Waals surface area (Å²) in [6.07, 6.45) is 4.24. The van der Waals surface area contributed by atoms with Gasteiger partial charge in [0.1, 0.15) is 11.8 Å². The summed E-state index contributed by atoms with van der Waals surface area (Å²) in [4.78, 5) is 2.30. The van der Waals surface area contributed by atoms with Gasteiger partial charge in [-0.3, -0.25) is 0 Å². The van der Waals surface area contributed by atoms with E-state index in [1.54, 1.807) is 35.5 Å². The Morgan fingerprint density at radius 2 is 1.50 bits per heavy atom. The fraction of sp³-hybridized carbons (Fsp3) is 0.444. The van der Waals surface area contributed by atoms with Gasteiger partial charge in [-0.25, -0.2) is 0 Å². The van der Waals surface area contributed by atoms with E-state index >= 15 is 0 Å². The van der Waals surface area contributed by atoms with E-state index in [2.05, 4.69) is 11.0 Å². The molecule has 0 spiro atoms. The molecule has 7 heteroatoms. The number of benzene rings is 2. The molecule has 180 valence electrons. The zero-order valence-electron chi connectivity index (χ0n) is 20.5. The van der Waals surface area contributed by atoms with Crippen LogP contribution in [0.3, 0.4) is 0 Å². The second-order valence-corrected chi connectivity index (χ2v) is 8.53. The summed E-state index contributed by atoms with van der Waals surface area (Å²) in [5.41, 5.74) is 3.67. The van der Waals surface area contributed by atoms with Gasteiger partial charge in [0.15, 0.2) is 23.0 Å². The van der Waals surface area contributed by atoms with Crippen LogP contribution in [0.4, 0.5) is 0 Å². The van der Waals surface area contributed by atoms with Crippen molar-refractivity contribution in [2.45, 2.75) is 37.6 Å². The fourth-order valence-electron chi connectivity index (χ4n) is 5.32. The van der Waals surface area contributed by atoms with Gasteiger partial charge >= 0.3 is 0 Å². The topological polar surface area (TPSA) is 73.2 Å². The molecule has 2 aliphatic heterocycles. The summed E-state index contributed by atoms with van der Waals surface area (Å²) >= 11 is 0. The van der Waals surface area contributed by atoms with E-state index in [1.165, 1.54) is 6.42 Å². The summed E-state index contributed by atoms with van der Waals surface area (Å²) in [6, 6.07) is 12.7. The van der Waals surface area contributed by atoms with Crippen molar-refractivity contribution in [3.63, 3.8) is 0 Å². The lowest BCUT2D eigenvalue weighted by molar-refractivity contribution is 0.177. The highest BCUT2D eigenvalue weighted by Crippen LogP contribution is 2.50. The first kappa shape index (κ1) is 23.6. The molecule has 2 atom stereocenters. The number of ether oxygens (including phenoxy) is 5. The fourth-order valence-corrected chi connectivity index (χ4v) is 5.32. The van der Waals surface area contributed by atoms with Gasteiger partial charge in [0.25, 0.3) is 0 Å². The number of allylic oxidation sites excluding steroid dienone is 2. The van der Waals surface area contributed by atoms with E-state index < -0.39 is 0 Å². The second-order valence-electron chi connectivity index (χ2n) is 8.53. The molecular formula is C27H32N2O5. The number of piperidine rings is 1. The average Bonchev–Trinajstić information content (AvgIpc) is 2.90. The Kier molecular flexibility index (Phi) is 7.06. The first-order valence-electron chi connectivity index (χ1n) is 11.5. The molecule has 4 rings (SSSR count). The van der Waals surface area contributed by atoms with Gasteiger partial charge in [0, 0.05) is 24.1 Å². The highest BCUT2D eigenvalue weighted by atomic mass is 16.5. The maximum absolute atomic E-state index is 10.4. The van der Waals surface area contributed by atoms with Gasteiger partial charge < -0.3 is 28.6 Å². The maximum atomic E-state index is 10.4. The molecule has 2 aliphatic rings. The summed E-state index contributed by atoms with van der Waals surface area (Å²) < 4.78 is 27.9. The van der Waals surface area contributed by atoms with E-state index in [-0.39, 0.29) is 5.92 Å². The Balaban J connectivity index is 1.94. The summed E-state index contributed by atoms with van der Waals surface area (Å²) in [5, 5.41) is 10.4. The van der Waals surface area contributed by atoms with Crippen LogP contribution in [-0.4, -0.2) is 53.0 Å². The minimum absolute atomic E-state index is 0.0270. The zero-order chi connectivity index (χ0) is 24.2. The van der Waals surface area contributed by atoms with E-state index in [4.69, 9.17) is 23.7 Å². The number of fused-ring (bicyclic) bond motifs is 1. The lowest BCUT2D eigenvalue weighted by Gasteiger charge is -2.44. The third-order valence-corrected chi connectivity index (χ3v) is 6.92. The second kappa shape index (κ2) is 10.2. The summed E-state index contributed by atoms with van der Waals surface area (Å²) in [6.45, 7) is 0.895. The predicted octanol–water partition coefficient (Wildman–Crippen LogP) is 5.01. The van der Waals surface area contributed by atoms with Crippen molar-refractivity contribution in [1.29, 1.82) is 5.26 Å². The van der Waals surface area contributed by atoms with Crippen LogP contribution >= 0.6 is 0 Å². The number of rotatable bonds is 7. The van der Waals surface area contributed by atoms with E-state index in [1.807, 2.05) is 30.3 Å². The monoisotopic (exact) mass is 464 g/mol. The first-order chi connectivity index (χ1) is 16.6. The van der Waals surface area contributed by atoms with Crippen LogP contribution in [0, 0.1) is 11.3 Å². The number of hydrogen-bond acceptors (Lipinski definition) is 7. The van der Waals surface area contributed by atoms with Crippen molar-refractivity contribution in [3.05, 3.63) is 47.2 Å². The lowest BCUT2D eigenvalue weighted by atomic mass is 9.75. The summed E-state index contributed by atoms with van der Waals surface area (Å²) in [7, 11) is 8.09. The highest BCUT2D eigenvalue weighted by Gasteiger charge is 2.38. The van der Waals surface area contributed by atoms with Crippen LogP contribution in [0.1, 0.15) is 42.7 Å². The van der Waals surface area contributed by atoms with Crippen LogP contribution < -0.4 is 23.7 Å². The Hall–Kier alpha value is -3.53. The Morgan fingerprint density at radius 1 is 0.824 bits per heavy atom. The van der Waals surface area contributed by atoms with Crippen LogP contribution in [0.2, 0.25) is 0 Å². The van der Waals surface area contributed by atoms with Crippen LogP contribution in [0.5, 0.6) is 28.7 Å². The van der Waals surface area contributed by atoms with Crippen molar-refractivity contribution in [3.8, 4) is 34.8 Å². The molecule has 2 aromatic rings. The average molecular weight is 465 g/mol. The molecule has 2 heterocycles. The zero-order valence-corrected chi connectivity index (χ0v) is 20.5. The van der Waals surface area contributed by atoms with Gasteiger partial charge in [-0.15, -0.1) is 0 Å². The molecule has 0 radical (unpaired) electrons. The number of nitrogens with zero attached hydrogens (tertiary/aromatic N) is 2. The van der Waals surface area contributed by atoms with E-state index in [9.17, 15) is 5.26 Å². The summed E-state index contributed by atoms with van der Waals surface area (Å²) in [5.74, 6) is 3.03. The first-order valence-corrected chi connectivity index (χ1v) is 11.5. The SMILES string of the molecule is COc1ccc(C2=C(C#N)N3CCCC[C@@H]3C[C@H]2c2cc(OC)c(OC)c(OC)c2)cc1OC. The number of methoxy groups -OCH3 is 5. The lowest BCUT2D eigenvalue weighted by Crippen LogP contribution is -2.43. The predicted molar refractivity (Wildman–Crippen MR) is 130 cm³/mol. The molecule has 0 unspecified atom stereocenters. The standard InChI is InChI=1S/C27H32N2O5/c1-30-22-10-9-17(12-23(22)31-2)26-20(15-19-8-6-7-11-29(19)21(26)16-28)18-13-24(32-3)27(34-5)25(14-18)33-4/h9-10,12-14,19-20H,6-8,11,15H2,1-5H3/t19-,20+/m1/s1. The highest BCUT2D eigenvalue weighted by molar-refractivity contribution is 5.79. The largest absolute Gasteiger partial charge is 0.493 e. The molecule has 0 bridgehead atoms. The van der Waals surface area contributed by atoms with Crippen LogP contribution in [0.25, 0.3) is 5.57 Å². The quantitative estimate of drug-likeness (QED) is 0.570. The molecule has 0 amide bonds. The van der Waals surface area contributed by atoms with E-state index in [0.717, 1.165) is 48.2 Å². The smallest absolute Gasteiger partial charge is 0.203 e. The van der Waals surface area contributed by atoms with E-state index in [0.29, 0.717) is 34.8 Å². The molecule has 34 heavy (non-hydrogen) atoms. The van der Waals surface area contributed by atoms with Gasteiger partial charge in [-0.1, -0.05) is 6.07 Å². The molecular weight excluding hydrogens is 432 g/mol. The number of nitriles is 1. The van der Waals surface area contributed by atoms with Gasteiger partial charge in [-0.2, -0.15) is 5.26 Å². The Morgan fingerprint density at radius 3 is 2.09 bits per heavy atom. The van der Waals surface area contributed by atoms with Crippen molar-refractivity contribution < 1.29 is 23.7 Å². The maximum Gasteiger partial charge on any atom is 0.203 e. The van der Waals surface area contributed by atoms with Gasteiger partial charge in [-0.05, 0) is 61.1 Å². The van der Waals surface area contributed by atoms with Crippen molar-refractivity contribution in [1.82, 2.24) is 4.90 Å². The van der Waals surface area contributed by atoms with Gasteiger partial charge in [0.05, 0.1) is 35.5 Å². The van der Waals surface area contributed by atoms with Gasteiger partial charge in [0.2, 0.25) is 5.75 Å². The normalized spacial score (nSPS) is 19.7.